The van der Waals surface area contributed by atoms with Crippen molar-refractivity contribution in [1.82, 2.24) is 0 Å². The summed E-state index contributed by atoms with van der Waals surface area (Å²) in [6, 6.07) is 13.4. The molecule has 1 aromatic heterocycles. The van der Waals surface area contributed by atoms with Crippen molar-refractivity contribution in [3.8, 4) is 5.75 Å². The average molecular weight is 364 g/mol. The molecule has 0 N–H and O–H groups in total. The van der Waals surface area contributed by atoms with Gasteiger partial charge in [0.25, 0.3) is 0 Å². The second-order valence-corrected chi connectivity index (χ2v) is 7.42. The van der Waals surface area contributed by atoms with E-state index in [9.17, 15) is 14.4 Å². The molecule has 0 spiro atoms. The molecular weight excluding hydrogens is 344 g/mol. The van der Waals surface area contributed by atoms with Gasteiger partial charge in [-0.25, -0.2) is 9.59 Å². The quantitative estimate of drug-likeness (QED) is 0.296. The van der Waals surface area contributed by atoms with Crippen LogP contribution in [0.4, 0.5) is 0 Å². The molecule has 27 heavy (non-hydrogen) atoms. The molecule has 0 fully saturated rings. The number of carbonyl (C=O) groups excluding carboxylic acids is 2. The Bertz CT molecular complexity index is 1080. The molecule has 0 aliphatic carbocycles. The van der Waals surface area contributed by atoms with Gasteiger partial charge in [0.2, 0.25) is 0 Å². The third-order valence-electron chi connectivity index (χ3n) is 4.28. The topological polar surface area (TPSA) is 73.6 Å². The molecule has 138 valence electrons. The Labute approximate surface area is 156 Å². The molecule has 0 unspecified atom stereocenters. The van der Waals surface area contributed by atoms with Gasteiger partial charge in [0.05, 0.1) is 5.56 Å². The highest BCUT2D eigenvalue weighted by atomic mass is 16.5. The Morgan fingerprint density at radius 1 is 0.963 bits per heavy atom. The first kappa shape index (κ1) is 18.6. The zero-order valence-corrected chi connectivity index (χ0v) is 15.7. The SMILES string of the molecule is CC(=O)c1cc2ccc(OC(=O)c3ccc(C(C)(C)C)cc3)cc2oc1=O. The summed E-state index contributed by atoms with van der Waals surface area (Å²) in [6.45, 7) is 7.60. The van der Waals surface area contributed by atoms with E-state index in [-0.39, 0.29) is 28.1 Å². The summed E-state index contributed by atoms with van der Waals surface area (Å²) in [5, 5.41) is 0.578. The Morgan fingerprint density at radius 3 is 2.22 bits per heavy atom. The fraction of sp³-hybridized carbons (Fsp3) is 0.227. The van der Waals surface area contributed by atoms with Crippen LogP contribution in [-0.2, 0) is 5.41 Å². The van der Waals surface area contributed by atoms with Crippen LogP contribution < -0.4 is 10.4 Å². The number of ether oxygens (including phenoxy) is 1. The molecule has 0 aliphatic heterocycles. The van der Waals surface area contributed by atoms with Gasteiger partial charge in [-0.1, -0.05) is 32.9 Å². The van der Waals surface area contributed by atoms with Crippen molar-refractivity contribution in [2.24, 2.45) is 0 Å². The molecular formula is C22H20O5. The number of hydrogen-bond donors (Lipinski definition) is 0. The molecule has 0 aliphatic rings. The third-order valence-corrected chi connectivity index (χ3v) is 4.28. The van der Waals surface area contributed by atoms with Crippen LogP contribution in [0, 0.1) is 0 Å². The van der Waals surface area contributed by atoms with Crippen LogP contribution in [-0.4, -0.2) is 11.8 Å². The predicted octanol–water partition coefficient (Wildman–Crippen LogP) is 4.51. The molecule has 0 radical (unpaired) electrons. The van der Waals surface area contributed by atoms with Gasteiger partial charge in [-0.15, -0.1) is 0 Å². The molecule has 0 saturated carbocycles. The van der Waals surface area contributed by atoms with E-state index in [0.29, 0.717) is 10.9 Å². The van der Waals surface area contributed by atoms with Gasteiger partial charge in [-0.05, 0) is 48.2 Å². The second-order valence-electron chi connectivity index (χ2n) is 7.42. The lowest BCUT2D eigenvalue weighted by Gasteiger charge is -2.18. The van der Waals surface area contributed by atoms with Crippen LogP contribution in [0.2, 0.25) is 0 Å². The molecule has 0 saturated heterocycles. The van der Waals surface area contributed by atoms with Crippen molar-refractivity contribution < 1.29 is 18.7 Å². The molecule has 0 amide bonds. The molecule has 3 rings (SSSR count). The van der Waals surface area contributed by atoms with Gasteiger partial charge in [0, 0.05) is 11.5 Å². The number of rotatable bonds is 3. The highest BCUT2D eigenvalue weighted by Crippen LogP contribution is 2.24. The molecule has 5 nitrogen and oxygen atoms in total. The van der Waals surface area contributed by atoms with E-state index in [2.05, 4.69) is 20.8 Å². The zero-order chi connectivity index (χ0) is 19.8. The van der Waals surface area contributed by atoms with Crippen LogP contribution in [0.25, 0.3) is 11.0 Å². The fourth-order valence-electron chi connectivity index (χ4n) is 2.67. The first-order valence-electron chi connectivity index (χ1n) is 8.57. The van der Waals surface area contributed by atoms with Crippen molar-refractivity contribution >= 4 is 22.7 Å². The number of benzene rings is 2. The van der Waals surface area contributed by atoms with Crippen LogP contribution in [0.1, 0.15) is 54.0 Å². The Morgan fingerprint density at radius 2 is 1.63 bits per heavy atom. The Kier molecular flexibility index (Phi) is 4.70. The largest absolute Gasteiger partial charge is 0.423 e. The van der Waals surface area contributed by atoms with Gasteiger partial charge in [-0.2, -0.15) is 0 Å². The van der Waals surface area contributed by atoms with Gasteiger partial charge in [0.1, 0.15) is 16.9 Å². The molecule has 0 atom stereocenters. The van der Waals surface area contributed by atoms with Crippen LogP contribution in [0.5, 0.6) is 5.75 Å². The molecule has 5 heteroatoms. The summed E-state index contributed by atoms with van der Waals surface area (Å²) in [5.74, 6) is -0.608. The maximum absolute atomic E-state index is 12.4. The number of ketones is 1. The van der Waals surface area contributed by atoms with Crippen molar-refractivity contribution in [2.75, 3.05) is 0 Å². The first-order chi connectivity index (χ1) is 12.6. The standard InChI is InChI=1S/C22H20O5/c1-13(23)18-11-15-7-10-17(12-19(15)27-21(18)25)26-20(24)14-5-8-16(9-6-14)22(2,3)4/h5-12H,1-4H3. The van der Waals surface area contributed by atoms with E-state index in [0.717, 1.165) is 5.56 Å². The first-order valence-corrected chi connectivity index (χ1v) is 8.57. The van der Waals surface area contributed by atoms with E-state index in [4.69, 9.17) is 9.15 Å². The lowest BCUT2D eigenvalue weighted by Crippen LogP contribution is -2.13. The lowest BCUT2D eigenvalue weighted by atomic mass is 9.87. The molecule has 1 heterocycles. The summed E-state index contributed by atoms with van der Waals surface area (Å²) in [4.78, 5) is 35.6. The van der Waals surface area contributed by atoms with E-state index in [1.807, 2.05) is 12.1 Å². The van der Waals surface area contributed by atoms with Crippen molar-refractivity contribution in [2.45, 2.75) is 33.1 Å². The van der Waals surface area contributed by atoms with E-state index >= 15 is 0 Å². The number of fused-ring (bicyclic) bond motifs is 1. The lowest BCUT2D eigenvalue weighted by molar-refractivity contribution is 0.0734. The van der Waals surface area contributed by atoms with E-state index in [1.54, 1.807) is 24.3 Å². The van der Waals surface area contributed by atoms with Crippen LogP contribution >= 0.6 is 0 Å². The molecule has 3 aromatic rings. The van der Waals surface area contributed by atoms with Crippen molar-refractivity contribution in [3.05, 3.63) is 75.6 Å². The number of carbonyl (C=O) groups is 2. The smallest absolute Gasteiger partial charge is 0.347 e. The zero-order valence-electron chi connectivity index (χ0n) is 15.7. The minimum atomic E-state index is -0.712. The summed E-state index contributed by atoms with van der Waals surface area (Å²) < 4.78 is 10.6. The highest BCUT2D eigenvalue weighted by Gasteiger charge is 2.16. The fourth-order valence-corrected chi connectivity index (χ4v) is 2.67. The van der Waals surface area contributed by atoms with Gasteiger partial charge >= 0.3 is 11.6 Å². The summed E-state index contributed by atoms with van der Waals surface area (Å²) in [7, 11) is 0. The maximum Gasteiger partial charge on any atom is 0.347 e. The summed E-state index contributed by atoms with van der Waals surface area (Å²) in [5.41, 5.74) is 1.07. The minimum Gasteiger partial charge on any atom is -0.423 e. The van der Waals surface area contributed by atoms with Crippen molar-refractivity contribution in [1.29, 1.82) is 0 Å². The molecule has 0 bridgehead atoms. The Balaban J connectivity index is 1.85. The normalized spacial score (nSPS) is 11.4. The number of esters is 1. The maximum atomic E-state index is 12.4. The minimum absolute atomic E-state index is 0.00293. The Hall–Kier alpha value is -3.21. The monoisotopic (exact) mass is 364 g/mol. The van der Waals surface area contributed by atoms with Crippen LogP contribution in [0.15, 0.2) is 57.7 Å². The van der Waals surface area contributed by atoms with Gasteiger partial charge < -0.3 is 9.15 Å². The molecule has 2 aromatic carbocycles. The van der Waals surface area contributed by atoms with Gasteiger partial charge in [-0.3, -0.25) is 4.79 Å². The number of Topliss-reactive ketones (excluding diaryl/α,β-unsaturated/α-hetero) is 1. The predicted molar refractivity (Wildman–Crippen MR) is 103 cm³/mol. The van der Waals surface area contributed by atoms with Crippen molar-refractivity contribution in [3.63, 3.8) is 0 Å². The summed E-state index contributed by atoms with van der Waals surface area (Å²) >= 11 is 0. The second kappa shape index (κ2) is 6.83. The van der Waals surface area contributed by atoms with Gasteiger partial charge in [0.15, 0.2) is 5.78 Å². The average Bonchev–Trinajstić information content (AvgIpc) is 2.60. The van der Waals surface area contributed by atoms with E-state index < -0.39 is 11.6 Å². The number of hydrogen-bond acceptors (Lipinski definition) is 5. The summed E-state index contributed by atoms with van der Waals surface area (Å²) in [6.07, 6.45) is 0. The van der Waals surface area contributed by atoms with E-state index in [1.165, 1.54) is 19.1 Å². The third kappa shape index (κ3) is 3.97. The highest BCUT2D eigenvalue weighted by molar-refractivity contribution is 5.97. The van der Waals surface area contributed by atoms with Crippen LogP contribution in [0.3, 0.4) is 0 Å².